The molecule has 0 radical (unpaired) electrons. The number of aliphatic hydroxyl groups is 3. The minimum absolute atomic E-state index is 0.0403. The molecule has 0 unspecified atom stereocenters. The van der Waals surface area contributed by atoms with E-state index in [1.165, 1.54) is 27.7 Å². The van der Waals surface area contributed by atoms with Gasteiger partial charge in [0.05, 0.1) is 33.6 Å². The third-order valence-corrected chi connectivity index (χ3v) is 7.11. The molecule has 1 saturated heterocycles. The Morgan fingerprint density at radius 3 is 2.49 bits per heavy atom. The molecule has 4 aromatic rings. The van der Waals surface area contributed by atoms with Crippen LogP contribution in [-0.2, 0) is 4.74 Å². The molecular weight excluding hydrogens is 550 g/mol. The van der Waals surface area contributed by atoms with Gasteiger partial charge in [-0.25, -0.2) is 18.7 Å². The Kier molecular flexibility index (Phi) is 7.20. The number of nitrogens with zero attached hydrogens (tertiary/aromatic N) is 6. The zero-order valence-electron chi connectivity index (χ0n) is 19.1. The molecule has 37 heavy (non-hydrogen) atoms. The summed E-state index contributed by atoms with van der Waals surface area (Å²) in [6, 6.07) is 7.91. The lowest BCUT2D eigenvalue weighted by molar-refractivity contribution is -0.210. The van der Waals surface area contributed by atoms with Crippen molar-refractivity contribution in [3.8, 4) is 16.9 Å². The molecule has 5 rings (SSSR count). The van der Waals surface area contributed by atoms with Crippen molar-refractivity contribution in [3.05, 3.63) is 75.1 Å². The van der Waals surface area contributed by atoms with Crippen LogP contribution in [0.5, 0.6) is 0 Å². The zero-order chi connectivity index (χ0) is 26.4. The fourth-order valence-corrected chi connectivity index (χ4v) is 4.67. The third-order valence-electron chi connectivity index (χ3n) is 6.06. The first-order valence-corrected chi connectivity index (χ1v) is 12.2. The van der Waals surface area contributed by atoms with Crippen molar-refractivity contribution in [2.24, 2.45) is 0 Å². The van der Waals surface area contributed by atoms with E-state index in [2.05, 4.69) is 20.4 Å². The van der Waals surface area contributed by atoms with Crippen LogP contribution in [0.15, 0.2) is 42.6 Å². The van der Waals surface area contributed by atoms with Gasteiger partial charge in [-0.3, -0.25) is 0 Å². The number of ether oxygens (including phenoxy) is 1. The number of hydrogen-bond acceptors (Lipinski definition) is 8. The molecule has 0 aliphatic carbocycles. The molecule has 2 aromatic carbocycles. The van der Waals surface area contributed by atoms with E-state index >= 15 is 0 Å². The molecule has 0 saturated carbocycles. The summed E-state index contributed by atoms with van der Waals surface area (Å²) in [7, 11) is 0. The van der Waals surface area contributed by atoms with Crippen molar-refractivity contribution in [1.29, 1.82) is 0 Å². The zero-order valence-corrected chi connectivity index (χ0v) is 21.3. The molecule has 5 atom stereocenters. The molecule has 1 fully saturated rings. The number of aromatic nitrogens is 6. The molecule has 194 valence electrons. The molecule has 1 aliphatic heterocycles. The summed E-state index contributed by atoms with van der Waals surface area (Å²) >= 11 is 18.0. The van der Waals surface area contributed by atoms with Crippen LogP contribution >= 0.6 is 34.8 Å². The van der Waals surface area contributed by atoms with Crippen molar-refractivity contribution in [2.75, 3.05) is 6.61 Å². The first-order chi connectivity index (χ1) is 17.7. The van der Waals surface area contributed by atoms with E-state index in [4.69, 9.17) is 39.5 Å². The van der Waals surface area contributed by atoms with Gasteiger partial charge in [-0.15, -0.1) is 5.10 Å². The molecule has 14 heteroatoms. The molecular formula is C23H20Cl3FN6O4. The minimum Gasteiger partial charge on any atom is -0.394 e. The van der Waals surface area contributed by atoms with Crippen LogP contribution in [0.3, 0.4) is 0 Å². The van der Waals surface area contributed by atoms with E-state index in [1.807, 2.05) is 0 Å². The van der Waals surface area contributed by atoms with E-state index in [-0.39, 0.29) is 16.5 Å². The summed E-state index contributed by atoms with van der Waals surface area (Å²) in [4.78, 5) is 4.43. The predicted molar refractivity (Wildman–Crippen MR) is 132 cm³/mol. The Bertz CT molecular complexity index is 1450. The van der Waals surface area contributed by atoms with Crippen molar-refractivity contribution < 1.29 is 24.4 Å². The van der Waals surface area contributed by atoms with Crippen molar-refractivity contribution in [3.63, 3.8) is 0 Å². The topological polar surface area (TPSA) is 131 Å². The van der Waals surface area contributed by atoms with Gasteiger partial charge in [-0.2, -0.15) is 5.10 Å². The van der Waals surface area contributed by atoms with Crippen molar-refractivity contribution in [2.45, 2.75) is 37.4 Å². The van der Waals surface area contributed by atoms with Crippen LogP contribution in [0, 0.1) is 12.7 Å². The second-order valence-electron chi connectivity index (χ2n) is 8.49. The number of halogens is 4. The van der Waals surface area contributed by atoms with Gasteiger partial charge < -0.3 is 20.1 Å². The Morgan fingerprint density at radius 1 is 1.03 bits per heavy atom. The summed E-state index contributed by atoms with van der Waals surface area (Å²) in [5.74, 6) is -0.0379. The molecule has 10 nitrogen and oxygen atoms in total. The van der Waals surface area contributed by atoms with E-state index in [1.54, 1.807) is 31.2 Å². The maximum atomic E-state index is 14.0. The number of aliphatic hydroxyl groups excluding tert-OH is 3. The van der Waals surface area contributed by atoms with E-state index in [0.29, 0.717) is 27.1 Å². The van der Waals surface area contributed by atoms with Gasteiger partial charge in [0, 0.05) is 5.56 Å². The number of benzene rings is 2. The normalized spacial score (nSPS) is 23.9. The maximum absolute atomic E-state index is 14.0. The van der Waals surface area contributed by atoms with E-state index < -0.39 is 42.9 Å². The number of aryl methyl sites for hydroxylation is 1. The Balaban J connectivity index is 1.53. The van der Waals surface area contributed by atoms with Crippen molar-refractivity contribution >= 4 is 34.8 Å². The van der Waals surface area contributed by atoms with Crippen LogP contribution in [-0.4, -0.2) is 70.0 Å². The molecule has 3 N–H and O–H groups in total. The summed E-state index contributed by atoms with van der Waals surface area (Å²) in [5.41, 5.74) is 1.19. The number of rotatable bonds is 5. The standard InChI is InChI=1S/C23H20Cl3FN6O4/c1-10-28-23(33(30-10)12-3-5-13(24)15(26)7-12)22-21(36)19(20(35)18(9-34)37-22)32-8-17(29-31-32)11-2-4-14(25)16(27)6-11/h2-8,18-22,34-36H,9H2,1H3/t18-,19+,20+,21-,22-/m1/s1. The Labute approximate surface area is 224 Å². The quantitative estimate of drug-likeness (QED) is 0.334. The fraction of sp³-hybridized carbons (Fsp3) is 0.304. The molecule has 0 amide bonds. The van der Waals surface area contributed by atoms with Crippen LogP contribution < -0.4 is 0 Å². The first kappa shape index (κ1) is 26.0. The average Bonchev–Trinajstić information content (AvgIpc) is 3.50. The predicted octanol–water partition coefficient (Wildman–Crippen LogP) is 3.33. The molecule has 3 heterocycles. The van der Waals surface area contributed by atoms with E-state index in [0.717, 1.165) is 0 Å². The Morgan fingerprint density at radius 2 is 1.78 bits per heavy atom. The highest BCUT2D eigenvalue weighted by Crippen LogP contribution is 2.39. The van der Waals surface area contributed by atoms with Gasteiger partial charge in [0.2, 0.25) is 0 Å². The Hall–Kier alpha value is -2.64. The average molecular weight is 570 g/mol. The van der Waals surface area contributed by atoms with Crippen LogP contribution in [0.25, 0.3) is 16.9 Å². The molecule has 0 spiro atoms. The lowest BCUT2D eigenvalue weighted by atomic mass is 9.92. The summed E-state index contributed by atoms with van der Waals surface area (Å²) < 4.78 is 22.6. The highest BCUT2D eigenvalue weighted by Gasteiger charge is 2.48. The molecule has 1 aliphatic rings. The van der Waals surface area contributed by atoms with Gasteiger partial charge in [0.1, 0.15) is 47.8 Å². The van der Waals surface area contributed by atoms with Crippen LogP contribution in [0.1, 0.15) is 23.8 Å². The largest absolute Gasteiger partial charge is 0.394 e. The molecule has 2 aromatic heterocycles. The second kappa shape index (κ2) is 10.3. The summed E-state index contributed by atoms with van der Waals surface area (Å²) in [6.07, 6.45) is -3.55. The van der Waals surface area contributed by atoms with E-state index in [9.17, 15) is 19.7 Å². The summed E-state index contributed by atoms with van der Waals surface area (Å²) in [6.45, 7) is 1.11. The third kappa shape index (κ3) is 4.84. The fourth-order valence-electron chi connectivity index (χ4n) is 4.26. The molecule has 0 bridgehead atoms. The van der Waals surface area contributed by atoms with Crippen LogP contribution in [0.4, 0.5) is 4.39 Å². The van der Waals surface area contributed by atoms with Crippen molar-refractivity contribution in [1.82, 2.24) is 29.8 Å². The van der Waals surface area contributed by atoms with Gasteiger partial charge in [-0.1, -0.05) is 46.1 Å². The van der Waals surface area contributed by atoms with Gasteiger partial charge in [0.25, 0.3) is 0 Å². The van der Waals surface area contributed by atoms with Crippen LogP contribution in [0.2, 0.25) is 15.1 Å². The monoisotopic (exact) mass is 568 g/mol. The minimum atomic E-state index is -1.40. The van der Waals surface area contributed by atoms with Gasteiger partial charge in [-0.05, 0) is 37.3 Å². The summed E-state index contributed by atoms with van der Waals surface area (Å²) in [5, 5.41) is 45.4. The maximum Gasteiger partial charge on any atom is 0.164 e. The first-order valence-electron chi connectivity index (χ1n) is 11.1. The SMILES string of the molecule is Cc1nc([C@@H]2O[C@H](CO)[C@H](O)[C@H](n3cc(-c4ccc(Cl)c(F)c4)nn3)[C@H]2O)n(-c2ccc(Cl)c(Cl)c2)n1. The lowest BCUT2D eigenvalue weighted by Crippen LogP contribution is -2.53. The smallest absolute Gasteiger partial charge is 0.164 e. The highest BCUT2D eigenvalue weighted by molar-refractivity contribution is 6.42. The lowest BCUT2D eigenvalue weighted by Gasteiger charge is -2.41. The number of hydrogen-bond donors (Lipinski definition) is 3. The highest BCUT2D eigenvalue weighted by atomic mass is 35.5. The van der Waals surface area contributed by atoms with Gasteiger partial charge in [0.15, 0.2) is 5.82 Å². The van der Waals surface area contributed by atoms with Gasteiger partial charge >= 0.3 is 0 Å². The second-order valence-corrected chi connectivity index (χ2v) is 9.71.